The highest BCUT2D eigenvalue weighted by molar-refractivity contribution is 5.74. The SMILES string of the molecule is CC1(C)CC2(CN(Cc3ccccc3)CC2C(=O)O)c2ccccc2O1. The van der Waals surface area contributed by atoms with Crippen molar-refractivity contribution in [2.45, 2.75) is 37.8 Å². The first-order chi connectivity index (χ1) is 12.4. The van der Waals surface area contributed by atoms with E-state index in [0.717, 1.165) is 24.4 Å². The predicted molar refractivity (Wildman–Crippen MR) is 100 cm³/mol. The largest absolute Gasteiger partial charge is 0.488 e. The number of para-hydroxylation sites is 1. The number of hydrogen-bond donors (Lipinski definition) is 1. The Morgan fingerprint density at radius 2 is 1.85 bits per heavy atom. The number of aliphatic carboxylic acids is 1. The van der Waals surface area contributed by atoms with Gasteiger partial charge in [0.25, 0.3) is 0 Å². The Kier molecular flexibility index (Phi) is 4.03. The lowest BCUT2D eigenvalue weighted by atomic mass is 9.65. The van der Waals surface area contributed by atoms with E-state index in [-0.39, 0.29) is 5.60 Å². The second kappa shape index (κ2) is 6.13. The van der Waals surface area contributed by atoms with E-state index >= 15 is 0 Å². The van der Waals surface area contributed by atoms with Crippen LogP contribution in [-0.2, 0) is 16.8 Å². The Hall–Kier alpha value is -2.33. The van der Waals surface area contributed by atoms with Crippen LogP contribution in [-0.4, -0.2) is 34.7 Å². The molecule has 0 aliphatic carbocycles. The lowest BCUT2D eigenvalue weighted by molar-refractivity contribution is -0.144. The second-order valence-electron chi connectivity index (χ2n) is 8.24. The first kappa shape index (κ1) is 17.1. The predicted octanol–water partition coefficient (Wildman–Crippen LogP) is 3.70. The average molecular weight is 351 g/mol. The standard InChI is InChI=1S/C22H25NO3/c1-21(2)14-22(17-10-6-7-11-19(17)26-21)15-23(13-18(22)20(24)25)12-16-8-4-3-5-9-16/h3-11,18H,12-15H2,1-2H3,(H,24,25). The van der Waals surface area contributed by atoms with Gasteiger partial charge in [0.15, 0.2) is 0 Å². The van der Waals surface area contributed by atoms with Gasteiger partial charge in [0.1, 0.15) is 11.4 Å². The van der Waals surface area contributed by atoms with Crippen LogP contribution in [0.2, 0.25) is 0 Å². The molecule has 2 aliphatic heterocycles. The summed E-state index contributed by atoms with van der Waals surface area (Å²) in [6.45, 7) is 6.19. The van der Waals surface area contributed by atoms with Gasteiger partial charge in [-0.05, 0) is 31.9 Å². The minimum atomic E-state index is -0.715. The van der Waals surface area contributed by atoms with Crippen molar-refractivity contribution in [1.82, 2.24) is 4.90 Å². The van der Waals surface area contributed by atoms with E-state index in [1.165, 1.54) is 5.56 Å². The number of nitrogens with zero attached hydrogens (tertiary/aromatic N) is 1. The Morgan fingerprint density at radius 3 is 2.58 bits per heavy atom. The number of benzene rings is 2. The van der Waals surface area contributed by atoms with Crippen molar-refractivity contribution in [3.05, 3.63) is 65.7 Å². The lowest BCUT2D eigenvalue weighted by Crippen LogP contribution is -2.50. The number of carbonyl (C=O) groups is 1. The molecule has 2 heterocycles. The molecule has 1 spiro atoms. The zero-order valence-electron chi connectivity index (χ0n) is 15.3. The second-order valence-corrected chi connectivity index (χ2v) is 8.24. The lowest BCUT2D eigenvalue weighted by Gasteiger charge is -2.46. The highest BCUT2D eigenvalue weighted by atomic mass is 16.5. The quantitative estimate of drug-likeness (QED) is 0.916. The number of fused-ring (bicyclic) bond motifs is 2. The molecule has 0 saturated carbocycles. The Labute approximate surface area is 154 Å². The number of ether oxygens (including phenoxy) is 1. The smallest absolute Gasteiger partial charge is 0.308 e. The fourth-order valence-corrected chi connectivity index (χ4v) is 4.89. The summed E-state index contributed by atoms with van der Waals surface area (Å²) in [4.78, 5) is 14.5. The van der Waals surface area contributed by atoms with Gasteiger partial charge in [0, 0.05) is 30.6 Å². The van der Waals surface area contributed by atoms with Gasteiger partial charge in [0.05, 0.1) is 5.92 Å². The van der Waals surface area contributed by atoms with Gasteiger partial charge in [0.2, 0.25) is 0 Å². The molecule has 26 heavy (non-hydrogen) atoms. The molecule has 2 atom stereocenters. The van der Waals surface area contributed by atoms with Crippen molar-refractivity contribution in [2.75, 3.05) is 13.1 Å². The van der Waals surface area contributed by atoms with Crippen molar-refractivity contribution in [2.24, 2.45) is 5.92 Å². The topological polar surface area (TPSA) is 49.8 Å². The fraction of sp³-hybridized carbons (Fsp3) is 0.409. The van der Waals surface area contributed by atoms with E-state index in [1.807, 2.05) is 42.5 Å². The number of likely N-dealkylation sites (tertiary alicyclic amines) is 1. The summed E-state index contributed by atoms with van der Waals surface area (Å²) in [6, 6.07) is 18.2. The normalized spacial score (nSPS) is 27.1. The van der Waals surface area contributed by atoms with Gasteiger partial charge >= 0.3 is 5.97 Å². The summed E-state index contributed by atoms with van der Waals surface area (Å²) in [7, 11) is 0. The maximum Gasteiger partial charge on any atom is 0.308 e. The maximum atomic E-state index is 12.2. The summed E-state index contributed by atoms with van der Waals surface area (Å²) in [5.41, 5.74) is 1.46. The van der Waals surface area contributed by atoms with Crippen molar-refractivity contribution >= 4 is 5.97 Å². The maximum absolute atomic E-state index is 12.2. The molecule has 2 unspecified atom stereocenters. The van der Waals surface area contributed by atoms with Gasteiger partial charge in [-0.2, -0.15) is 0 Å². The minimum absolute atomic E-state index is 0.384. The molecule has 0 bridgehead atoms. The summed E-state index contributed by atoms with van der Waals surface area (Å²) in [5, 5.41) is 10.0. The Bertz CT molecular complexity index is 817. The molecule has 136 valence electrons. The van der Waals surface area contributed by atoms with Gasteiger partial charge in [-0.1, -0.05) is 48.5 Å². The molecule has 2 aromatic carbocycles. The van der Waals surface area contributed by atoms with Crippen molar-refractivity contribution in [3.63, 3.8) is 0 Å². The van der Waals surface area contributed by atoms with Gasteiger partial charge in [-0.15, -0.1) is 0 Å². The molecule has 0 amide bonds. The van der Waals surface area contributed by atoms with E-state index in [9.17, 15) is 9.90 Å². The van der Waals surface area contributed by atoms with Gasteiger partial charge < -0.3 is 9.84 Å². The van der Waals surface area contributed by atoms with Crippen LogP contribution in [0.25, 0.3) is 0 Å². The van der Waals surface area contributed by atoms with E-state index < -0.39 is 17.3 Å². The molecule has 2 aromatic rings. The average Bonchev–Trinajstić information content (AvgIpc) is 2.93. The van der Waals surface area contributed by atoms with E-state index in [2.05, 4.69) is 30.9 Å². The van der Waals surface area contributed by atoms with Gasteiger partial charge in [-0.3, -0.25) is 9.69 Å². The molecule has 2 aliphatic rings. The van der Waals surface area contributed by atoms with Crippen LogP contribution in [0.4, 0.5) is 0 Å². The van der Waals surface area contributed by atoms with Crippen LogP contribution in [0, 0.1) is 5.92 Å². The van der Waals surface area contributed by atoms with E-state index in [0.29, 0.717) is 13.0 Å². The van der Waals surface area contributed by atoms with Crippen molar-refractivity contribution in [1.29, 1.82) is 0 Å². The van der Waals surface area contributed by atoms with Crippen LogP contribution < -0.4 is 4.74 Å². The Morgan fingerprint density at radius 1 is 1.15 bits per heavy atom. The summed E-state index contributed by atoms with van der Waals surface area (Å²) >= 11 is 0. The number of rotatable bonds is 3. The van der Waals surface area contributed by atoms with Crippen LogP contribution in [0.1, 0.15) is 31.4 Å². The highest BCUT2D eigenvalue weighted by Gasteiger charge is 2.56. The highest BCUT2D eigenvalue weighted by Crippen LogP contribution is 2.52. The zero-order valence-corrected chi connectivity index (χ0v) is 15.3. The summed E-state index contributed by atoms with van der Waals surface area (Å²) < 4.78 is 6.18. The van der Waals surface area contributed by atoms with Crippen LogP contribution in [0.15, 0.2) is 54.6 Å². The van der Waals surface area contributed by atoms with Crippen LogP contribution in [0.3, 0.4) is 0 Å². The molecule has 4 heteroatoms. The van der Waals surface area contributed by atoms with Crippen molar-refractivity contribution in [3.8, 4) is 5.75 Å². The third-order valence-electron chi connectivity index (χ3n) is 5.71. The molecule has 1 fully saturated rings. The van der Waals surface area contributed by atoms with E-state index in [4.69, 9.17) is 4.74 Å². The summed E-state index contributed by atoms with van der Waals surface area (Å²) in [6.07, 6.45) is 0.708. The fourth-order valence-electron chi connectivity index (χ4n) is 4.89. The molecule has 1 N–H and O–H groups in total. The first-order valence-electron chi connectivity index (χ1n) is 9.17. The van der Waals surface area contributed by atoms with Crippen LogP contribution >= 0.6 is 0 Å². The molecule has 1 saturated heterocycles. The summed E-state index contributed by atoms with van der Waals surface area (Å²) in [5.74, 6) is -0.319. The zero-order chi connectivity index (χ0) is 18.4. The van der Waals surface area contributed by atoms with Crippen LogP contribution in [0.5, 0.6) is 5.75 Å². The molecule has 4 nitrogen and oxygen atoms in total. The number of hydrogen-bond acceptors (Lipinski definition) is 3. The molecular weight excluding hydrogens is 326 g/mol. The third kappa shape index (κ3) is 2.88. The Balaban J connectivity index is 1.74. The first-order valence-corrected chi connectivity index (χ1v) is 9.17. The van der Waals surface area contributed by atoms with Crippen molar-refractivity contribution < 1.29 is 14.6 Å². The third-order valence-corrected chi connectivity index (χ3v) is 5.71. The number of carboxylic acid groups (broad SMARTS) is 1. The van der Waals surface area contributed by atoms with Gasteiger partial charge in [-0.25, -0.2) is 0 Å². The molecule has 4 rings (SSSR count). The molecule has 0 radical (unpaired) electrons. The monoisotopic (exact) mass is 351 g/mol. The minimum Gasteiger partial charge on any atom is -0.488 e. The molecular formula is C22H25NO3. The van der Waals surface area contributed by atoms with E-state index in [1.54, 1.807) is 0 Å². The number of carboxylic acids is 1. The molecule has 0 aromatic heterocycles.